The SMILES string of the molecule is c1ccc(-c2cccc(-c3nc4ccccc4nc3-c3cc(-c4ccc5ccccc5c4)cc4oc5ccccc5c34)c2)cc1. The molecule has 0 fully saturated rings. The van der Waals surface area contributed by atoms with Crippen LogP contribution < -0.4 is 0 Å². The van der Waals surface area contributed by atoms with E-state index in [4.69, 9.17) is 14.4 Å². The molecule has 9 rings (SSSR count). The molecule has 0 aliphatic rings. The van der Waals surface area contributed by atoms with Gasteiger partial charge in [-0.05, 0) is 75.5 Å². The van der Waals surface area contributed by atoms with E-state index in [-0.39, 0.29) is 0 Å². The third-order valence-corrected chi connectivity index (χ3v) is 8.63. The molecule has 0 bridgehead atoms. The Hall–Kier alpha value is -6.06. The van der Waals surface area contributed by atoms with Crippen LogP contribution in [0.1, 0.15) is 0 Å². The fourth-order valence-corrected chi connectivity index (χ4v) is 6.44. The van der Waals surface area contributed by atoms with Gasteiger partial charge in [-0.3, -0.25) is 0 Å². The van der Waals surface area contributed by atoms with Crippen molar-refractivity contribution in [1.29, 1.82) is 0 Å². The van der Waals surface area contributed by atoms with Crippen molar-refractivity contribution in [3.05, 3.63) is 158 Å². The molecule has 3 heteroatoms. The van der Waals surface area contributed by atoms with Gasteiger partial charge in [0, 0.05) is 21.9 Å². The summed E-state index contributed by atoms with van der Waals surface area (Å²) in [5.41, 5.74) is 11.6. The average molecular weight is 575 g/mol. The van der Waals surface area contributed by atoms with Crippen LogP contribution >= 0.6 is 0 Å². The van der Waals surface area contributed by atoms with Gasteiger partial charge in [0.15, 0.2) is 0 Å². The highest BCUT2D eigenvalue weighted by Gasteiger charge is 2.21. The van der Waals surface area contributed by atoms with Crippen LogP contribution in [0.3, 0.4) is 0 Å². The molecule has 0 aliphatic carbocycles. The number of hydrogen-bond donors (Lipinski definition) is 0. The number of benzene rings is 7. The Morgan fingerprint density at radius 2 is 1.04 bits per heavy atom. The van der Waals surface area contributed by atoms with Crippen molar-refractivity contribution >= 4 is 43.7 Å². The van der Waals surface area contributed by atoms with Gasteiger partial charge in [-0.1, -0.05) is 115 Å². The van der Waals surface area contributed by atoms with Crippen LogP contribution in [0.5, 0.6) is 0 Å². The number of nitrogens with zero attached hydrogens (tertiary/aromatic N) is 2. The van der Waals surface area contributed by atoms with Crippen molar-refractivity contribution in [2.75, 3.05) is 0 Å². The Kier molecular flexibility index (Phi) is 5.82. The summed E-state index contributed by atoms with van der Waals surface area (Å²) < 4.78 is 6.53. The van der Waals surface area contributed by atoms with Gasteiger partial charge in [-0.2, -0.15) is 0 Å². The summed E-state index contributed by atoms with van der Waals surface area (Å²) in [5, 5.41) is 4.52. The van der Waals surface area contributed by atoms with Gasteiger partial charge >= 0.3 is 0 Å². The van der Waals surface area contributed by atoms with Crippen LogP contribution in [0.4, 0.5) is 0 Å². The molecular weight excluding hydrogens is 548 g/mol. The molecule has 0 spiro atoms. The van der Waals surface area contributed by atoms with E-state index in [1.165, 1.54) is 10.8 Å². The highest BCUT2D eigenvalue weighted by molar-refractivity contribution is 6.14. The highest BCUT2D eigenvalue weighted by atomic mass is 16.3. The molecule has 0 aliphatic heterocycles. The lowest BCUT2D eigenvalue weighted by molar-refractivity contribution is 0.669. The minimum atomic E-state index is 0.829. The van der Waals surface area contributed by atoms with E-state index >= 15 is 0 Å². The lowest BCUT2D eigenvalue weighted by Gasteiger charge is -2.14. The summed E-state index contributed by atoms with van der Waals surface area (Å²) in [6.07, 6.45) is 0. The molecule has 2 heterocycles. The zero-order valence-corrected chi connectivity index (χ0v) is 24.3. The molecular formula is C42H26N2O. The Morgan fingerprint density at radius 3 is 1.91 bits per heavy atom. The maximum atomic E-state index is 6.53. The van der Waals surface area contributed by atoms with E-state index in [0.717, 1.165) is 77.7 Å². The first-order valence-corrected chi connectivity index (χ1v) is 15.2. The minimum Gasteiger partial charge on any atom is -0.456 e. The molecule has 0 radical (unpaired) electrons. The van der Waals surface area contributed by atoms with Gasteiger partial charge in [-0.25, -0.2) is 9.97 Å². The van der Waals surface area contributed by atoms with Gasteiger partial charge in [0.25, 0.3) is 0 Å². The van der Waals surface area contributed by atoms with Crippen LogP contribution in [0, 0.1) is 0 Å². The molecule has 3 nitrogen and oxygen atoms in total. The number of hydrogen-bond acceptors (Lipinski definition) is 3. The molecule has 0 saturated carbocycles. The van der Waals surface area contributed by atoms with Gasteiger partial charge in [0.1, 0.15) is 11.2 Å². The van der Waals surface area contributed by atoms with E-state index in [0.29, 0.717) is 0 Å². The molecule has 0 atom stereocenters. The Balaban J connectivity index is 1.36. The Morgan fingerprint density at radius 1 is 0.378 bits per heavy atom. The second-order valence-corrected chi connectivity index (χ2v) is 11.4. The summed E-state index contributed by atoms with van der Waals surface area (Å²) >= 11 is 0. The zero-order chi connectivity index (χ0) is 29.7. The molecule has 0 unspecified atom stereocenters. The van der Waals surface area contributed by atoms with E-state index in [1.54, 1.807) is 0 Å². The summed E-state index contributed by atoms with van der Waals surface area (Å²) in [6.45, 7) is 0. The number of furan rings is 1. The number of fused-ring (bicyclic) bond motifs is 5. The zero-order valence-electron chi connectivity index (χ0n) is 24.3. The smallest absolute Gasteiger partial charge is 0.136 e. The van der Waals surface area contributed by atoms with Crippen molar-refractivity contribution in [2.45, 2.75) is 0 Å². The Bertz CT molecular complexity index is 2550. The third-order valence-electron chi connectivity index (χ3n) is 8.63. The fraction of sp³-hybridized carbons (Fsp3) is 0. The van der Waals surface area contributed by atoms with Crippen molar-refractivity contribution < 1.29 is 4.42 Å². The van der Waals surface area contributed by atoms with Crippen molar-refractivity contribution in [1.82, 2.24) is 9.97 Å². The quantitative estimate of drug-likeness (QED) is 0.210. The van der Waals surface area contributed by atoms with E-state index < -0.39 is 0 Å². The maximum absolute atomic E-state index is 6.53. The summed E-state index contributed by atoms with van der Waals surface area (Å²) in [4.78, 5) is 10.6. The van der Waals surface area contributed by atoms with Gasteiger partial charge < -0.3 is 4.42 Å². The van der Waals surface area contributed by atoms with Gasteiger partial charge in [0.2, 0.25) is 0 Å². The van der Waals surface area contributed by atoms with Crippen LogP contribution in [0.15, 0.2) is 162 Å². The highest BCUT2D eigenvalue weighted by Crippen LogP contribution is 2.43. The first-order valence-electron chi connectivity index (χ1n) is 15.2. The number of aromatic nitrogens is 2. The molecule has 0 N–H and O–H groups in total. The standard InChI is InChI=1S/C42H26N2O/c1-2-11-27(12-3-1)30-15-10-16-32(24-30)41-42(44-37-19-8-7-18-36(37)43-41)35-25-33(31-22-21-28-13-4-5-14-29(28)23-31)26-39-40(35)34-17-6-9-20-38(34)45-39/h1-26H. The van der Waals surface area contributed by atoms with E-state index in [9.17, 15) is 0 Å². The van der Waals surface area contributed by atoms with Gasteiger partial charge in [-0.15, -0.1) is 0 Å². The van der Waals surface area contributed by atoms with Crippen molar-refractivity contribution in [3.8, 4) is 44.8 Å². The van der Waals surface area contributed by atoms with Gasteiger partial charge in [0.05, 0.1) is 22.4 Å². The average Bonchev–Trinajstić information content (AvgIpc) is 3.49. The van der Waals surface area contributed by atoms with Crippen molar-refractivity contribution in [2.24, 2.45) is 0 Å². The predicted molar refractivity (Wildman–Crippen MR) is 186 cm³/mol. The largest absolute Gasteiger partial charge is 0.456 e. The first-order chi connectivity index (χ1) is 22.3. The lowest BCUT2D eigenvalue weighted by atomic mass is 9.93. The maximum Gasteiger partial charge on any atom is 0.136 e. The van der Waals surface area contributed by atoms with Crippen LogP contribution in [-0.2, 0) is 0 Å². The molecule has 0 amide bonds. The van der Waals surface area contributed by atoms with E-state index in [2.05, 4.69) is 115 Å². The van der Waals surface area contributed by atoms with Crippen LogP contribution in [0.25, 0.3) is 88.5 Å². The molecule has 45 heavy (non-hydrogen) atoms. The Labute approximate surface area is 260 Å². The third kappa shape index (κ3) is 4.37. The second-order valence-electron chi connectivity index (χ2n) is 11.4. The summed E-state index contributed by atoms with van der Waals surface area (Å²) in [6, 6.07) is 54.9. The fourth-order valence-electron chi connectivity index (χ4n) is 6.44. The van der Waals surface area contributed by atoms with Crippen LogP contribution in [0.2, 0.25) is 0 Å². The molecule has 7 aromatic carbocycles. The van der Waals surface area contributed by atoms with Crippen LogP contribution in [-0.4, -0.2) is 9.97 Å². The van der Waals surface area contributed by atoms with Crippen molar-refractivity contribution in [3.63, 3.8) is 0 Å². The summed E-state index contributed by atoms with van der Waals surface area (Å²) in [7, 11) is 0. The molecule has 210 valence electrons. The van der Waals surface area contributed by atoms with E-state index in [1.807, 2.05) is 42.5 Å². The molecule has 0 saturated heterocycles. The topological polar surface area (TPSA) is 38.9 Å². The second kappa shape index (κ2) is 10.3. The summed E-state index contributed by atoms with van der Waals surface area (Å²) in [5.74, 6) is 0. The number of para-hydroxylation sites is 3. The molecule has 9 aromatic rings. The normalized spacial score (nSPS) is 11.6. The first kappa shape index (κ1) is 25.4. The number of rotatable bonds is 4. The predicted octanol–water partition coefficient (Wildman–Crippen LogP) is 11.4. The lowest BCUT2D eigenvalue weighted by Crippen LogP contribution is -1.97. The molecule has 2 aromatic heterocycles. The monoisotopic (exact) mass is 574 g/mol. The minimum absolute atomic E-state index is 0.829.